The molecular weight excluding hydrogens is 392 g/mol. The largest absolute Gasteiger partial charge is 0.392 e. The molecule has 0 radical (unpaired) electrons. The van der Waals surface area contributed by atoms with Crippen LogP contribution in [0.25, 0.3) is 10.2 Å². The first kappa shape index (κ1) is 19.9. The van der Waals surface area contributed by atoms with Gasteiger partial charge in [0.05, 0.1) is 21.3 Å². The fourth-order valence-corrected chi connectivity index (χ4v) is 6.18. The van der Waals surface area contributed by atoms with E-state index < -0.39 is 6.10 Å². The van der Waals surface area contributed by atoms with Crippen LogP contribution < -0.4 is 0 Å². The summed E-state index contributed by atoms with van der Waals surface area (Å²) in [6.07, 6.45) is 2.85. The molecule has 1 aromatic heterocycles. The molecule has 1 aliphatic carbocycles. The maximum Gasteiger partial charge on any atom is 0.163 e. The molecule has 5 rings (SSSR count). The van der Waals surface area contributed by atoms with Gasteiger partial charge in [-0.1, -0.05) is 31.2 Å². The molecule has 4 nitrogen and oxygen atoms in total. The number of thiazole rings is 1. The van der Waals surface area contributed by atoms with Crippen LogP contribution in [0, 0.1) is 0 Å². The van der Waals surface area contributed by atoms with Gasteiger partial charge in [0.25, 0.3) is 0 Å². The van der Waals surface area contributed by atoms with Gasteiger partial charge in [-0.3, -0.25) is 4.79 Å². The van der Waals surface area contributed by atoms with Crippen LogP contribution in [-0.2, 0) is 6.42 Å². The maximum absolute atomic E-state index is 13.0. The van der Waals surface area contributed by atoms with Crippen molar-refractivity contribution in [3.05, 3.63) is 64.2 Å². The number of likely N-dealkylation sites (tertiary alicyclic amines) is 1. The number of carbonyl (C=O) groups excluding carboxylic acids is 1. The summed E-state index contributed by atoms with van der Waals surface area (Å²) in [6, 6.07) is 14.0. The number of nitrogens with zero attached hydrogens (tertiary/aromatic N) is 2. The number of fused-ring (bicyclic) bond motifs is 2. The molecule has 2 aliphatic rings. The first-order chi connectivity index (χ1) is 14.6. The van der Waals surface area contributed by atoms with Crippen LogP contribution in [0.15, 0.2) is 42.5 Å². The number of aliphatic hydroxyl groups is 1. The Kier molecular flexibility index (Phi) is 5.44. The molecule has 2 atom stereocenters. The minimum Gasteiger partial charge on any atom is -0.392 e. The van der Waals surface area contributed by atoms with Crippen molar-refractivity contribution in [3.8, 4) is 0 Å². The lowest BCUT2D eigenvalue weighted by Crippen LogP contribution is -2.32. The van der Waals surface area contributed by atoms with E-state index >= 15 is 0 Å². The van der Waals surface area contributed by atoms with Crippen molar-refractivity contribution in [2.45, 2.75) is 50.5 Å². The zero-order chi connectivity index (χ0) is 20.7. The average Bonchev–Trinajstić information content (AvgIpc) is 3.34. The predicted octanol–water partition coefficient (Wildman–Crippen LogP) is 4.77. The molecule has 2 heterocycles. The number of benzene rings is 2. The third-order valence-corrected chi connectivity index (χ3v) is 8.05. The van der Waals surface area contributed by atoms with Crippen molar-refractivity contribution in [2.24, 2.45) is 0 Å². The quantitative estimate of drug-likeness (QED) is 0.604. The van der Waals surface area contributed by atoms with E-state index in [0.717, 1.165) is 41.0 Å². The Balaban J connectivity index is 1.33. The standard InChI is InChI=1S/C25H28N2O2S/c1-2-27-11-9-16(10-12-27)25-26-21-8-7-18(14-24(21)30-25)22(28)15-20-19-6-4-3-5-17(19)13-23(20)29/h3-8,14,16,20,23,29H,2,9-13,15H2,1H3/t20-,23-/m1/s1. The van der Waals surface area contributed by atoms with Gasteiger partial charge in [0.1, 0.15) is 0 Å². The summed E-state index contributed by atoms with van der Waals surface area (Å²) in [5.74, 6) is 0.531. The molecule has 1 N–H and O–H groups in total. The van der Waals surface area contributed by atoms with E-state index in [4.69, 9.17) is 4.98 Å². The molecule has 0 spiro atoms. The molecule has 0 amide bonds. The highest BCUT2D eigenvalue weighted by Gasteiger charge is 2.32. The topological polar surface area (TPSA) is 53.4 Å². The lowest BCUT2D eigenvalue weighted by atomic mass is 9.92. The Morgan fingerprint density at radius 1 is 1.20 bits per heavy atom. The summed E-state index contributed by atoms with van der Waals surface area (Å²) in [4.78, 5) is 20.4. The van der Waals surface area contributed by atoms with E-state index in [-0.39, 0.29) is 11.7 Å². The molecule has 0 saturated carbocycles. The number of carbonyl (C=O) groups is 1. The number of hydrogen-bond donors (Lipinski definition) is 1. The van der Waals surface area contributed by atoms with Gasteiger partial charge in [-0.2, -0.15) is 0 Å². The van der Waals surface area contributed by atoms with E-state index in [1.807, 2.05) is 36.4 Å². The molecule has 0 bridgehead atoms. The Morgan fingerprint density at radius 2 is 2.00 bits per heavy atom. The molecule has 156 valence electrons. The molecule has 2 aromatic carbocycles. The highest BCUT2D eigenvalue weighted by molar-refractivity contribution is 7.18. The van der Waals surface area contributed by atoms with Gasteiger partial charge >= 0.3 is 0 Å². The van der Waals surface area contributed by atoms with Crippen LogP contribution in [0.3, 0.4) is 0 Å². The van der Waals surface area contributed by atoms with Crippen molar-refractivity contribution < 1.29 is 9.90 Å². The minimum atomic E-state index is -0.473. The SMILES string of the molecule is CCN1CCC(c2nc3ccc(C(=O)C[C@@H]4c5ccccc5C[C@H]4O)cc3s2)CC1. The van der Waals surface area contributed by atoms with Crippen molar-refractivity contribution in [2.75, 3.05) is 19.6 Å². The van der Waals surface area contributed by atoms with Crippen molar-refractivity contribution in [1.29, 1.82) is 0 Å². The second-order valence-electron chi connectivity index (χ2n) is 8.65. The third kappa shape index (κ3) is 3.70. The Labute approximate surface area is 181 Å². The van der Waals surface area contributed by atoms with Gasteiger partial charge in [-0.05, 0) is 68.2 Å². The van der Waals surface area contributed by atoms with E-state index in [9.17, 15) is 9.90 Å². The molecule has 0 unspecified atom stereocenters. The van der Waals surface area contributed by atoms with Gasteiger partial charge in [0, 0.05) is 23.8 Å². The number of aliphatic hydroxyl groups excluding tert-OH is 1. The van der Waals surface area contributed by atoms with E-state index in [1.165, 1.54) is 23.4 Å². The average molecular weight is 421 g/mol. The number of piperidine rings is 1. The number of Topliss-reactive ketones (excluding diaryl/α,β-unsaturated/α-hetero) is 1. The summed E-state index contributed by atoms with van der Waals surface area (Å²) < 4.78 is 1.10. The molecule has 5 heteroatoms. The highest BCUT2D eigenvalue weighted by atomic mass is 32.1. The Hall–Kier alpha value is -2.08. The molecule has 1 aliphatic heterocycles. The number of rotatable bonds is 5. The number of aromatic nitrogens is 1. The Bertz CT molecular complexity index is 1070. The summed E-state index contributed by atoms with van der Waals surface area (Å²) in [5, 5.41) is 11.7. The maximum atomic E-state index is 13.0. The molecule has 1 fully saturated rings. The summed E-state index contributed by atoms with van der Waals surface area (Å²) in [7, 11) is 0. The van der Waals surface area contributed by atoms with Crippen molar-refractivity contribution in [1.82, 2.24) is 9.88 Å². The zero-order valence-corrected chi connectivity index (χ0v) is 18.2. The Morgan fingerprint density at radius 3 is 2.80 bits per heavy atom. The van der Waals surface area contributed by atoms with Crippen LogP contribution >= 0.6 is 11.3 Å². The lowest BCUT2D eigenvalue weighted by molar-refractivity contribution is 0.0921. The fraction of sp³-hybridized carbons (Fsp3) is 0.440. The van der Waals surface area contributed by atoms with E-state index in [2.05, 4.69) is 17.9 Å². The predicted molar refractivity (Wildman–Crippen MR) is 122 cm³/mol. The fourth-order valence-electron chi connectivity index (χ4n) is 5.01. The minimum absolute atomic E-state index is 0.101. The van der Waals surface area contributed by atoms with Crippen molar-refractivity contribution >= 4 is 27.3 Å². The van der Waals surface area contributed by atoms with Crippen LogP contribution in [0.5, 0.6) is 0 Å². The second-order valence-corrected chi connectivity index (χ2v) is 9.71. The second kappa shape index (κ2) is 8.22. The van der Waals surface area contributed by atoms with E-state index in [0.29, 0.717) is 18.8 Å². The number of ketones is 1. The highest BCUT2D eigenvalue weighted by Crippen LogP contribution is 2.37. The molecule has 30 heavy (non-hydrogen) atoms. The molecular formula is C25H28N2O2S. The third-order valence-electron chi connectivity index (χ3n) is 6.86. The van der Waals surface area contributed by atoms with Gasteiger partial charge < -0.3 is 10.0 Å². The first-order valence-corrected chi connectivity index (χ1v) is 11.9. The van der Waals surface area contributed by atoms with Gasteiger partial charge in [-0.15, -0.1) is 11.3 Å². The van der Waals surface area contributed by atoms with Crippen LogP contribution in [0.4, 0.5) is 0 Å². The molecule has 3 aromatic rings. The van der Waals surface area contributed by atoms with Crippen LogP contribution in [0.2, 0.25) is 0 Å². The smallest absolute Gasteiger partial charge is 0.163 e. The summed E-state index contributed by atoms with van der Waals surface area (Å²) in [6.45, 7) is 5.63. The molecule has 1 saturated heterocycles. The van der Waals surface area contributed by atoms with Gasteiger partial charge in [0.15, 0.2) is 5.78 Å². The van der Waals surface area contributed by atoms with E-state index in [1.54, 1.807) is 11.3 Å². The van der Waals surface area contributed by atoms with Gasteiger partial charge in [0.2, 0.25) is 0 Å². The summed E-state index contributed by atoms with van der Waals surface area (Å²) in [5.41, 5.74) is 4.02. The van der Waals surface area contributed by atoms with Crippen LogP contribution in [-0.4, -0.2) is 46.5 Å². The number of hydrogen-bond acceptors (Lipinski definition) is 5. The lowest BCUT2D eigenvalue weighted by Gasteiger charge is -2.29. The normalized spacial score (nSPS) is 22.5. The first-order valence-electron chi connectivity index (χ1n) is 11.0. The van der Waals surface area contributed by atoms with Crippen LogP contribution in [0.1, 0.15) is 64.5 Å². The zero-order valence-electron chi connectivity index (χ0n) is 17.4. The summed E-state index contributed by atoms with van der Waals surface area (Å²) >= 11 is 1.74. The monoisotopic (exact) mass is 420 g/mol. The van der Waals surface area contributed by atoms with Crippen molar-refractivity contribution in [3.63, 3.8) is 0 Å². The van der Waals surface area contributed by atoms with Gasteiger partial charge in [-0.25, -0.2) is 4.98 Å².